The normalized spacial score (nSPS) is 25.1. The Morgan fingerprint density at radius 3 is 2.54 bits per heavy atom. The van der Waals surface area contributed by atoms with Crippen LogP contribution in [0.3, 0.4) is 0 Å². The van der Waals surface area contributed by atoms with Gasteiger partial charge in [-0.1, -0.05) is 83.1 Å². The number of carbonyl (C=O) groups excluding carboxylic acids is 5. The van der Waals surface area contributed by atoms with Crippen molar-refractivity contribution in [2.75, 3.05) is 80.2 Å². The third-order valence-electron chi connectivity index (χ3n) is 14.8. The molecule has 22 nitrogen and oxygen atoms in total. The van der Waals surface area contributed by atoms with Crippen LogP contribution in [0.4, 0.5) is 10.5 Å². The minimum absolute atomic E-state index is 0.0157. The molecule has 4 bridgehead atoms. The minimum Gasteiger partial charge on any atom is -0.495 e. The number of nitrogens with zero attached hydrogens (tertiary/aromatic N) is 4. The van der Waals surface area contributed by atoms with Gasteiger partial charge in [-0.2, -0.15) is 0 Å². The van der Waals surface area contributed by atoms with Crippen LogP contribution in [0.15, 0.2) is 66.3 Å². The molecule has 2 fully saturated rings. The highest BCUT2D eigenvalue weighted by molar-refractivity contribution is 14.1. The van der Waals surface area contributed by atoms with E-state index in [0.717, 1.165) is 27.7 Å². The molecule has 1 unspecified atom stereocenters. The Kier molecular flexibility index (Phi) is 23.2. The summed E-state index contributed by atoms with van der Waals surface area (Å²) in [5.74, 6) is -3.20. The lowest BCUT2D eigenvalue weighted by atomic mass is 9.83. The van der Waals surface area contributed by atoms with Crippen LogP contribution < -0.4 is 31.0 Å². The van der Waals surface area contributed by atoms with Crippen molar-refractivity contribution < 1.29 is 67.4 Å². The predicted molar refractivity (Wildman–Crippen MR) is 308 cm³/mol. The number of esters is 1. The van der Waals surface area contributed by atoms with Gasteiger partial charge in [-0.15, -0.1) is 0 Å². The Morgan fingerprint density at radius 2 is 1.82 bits per heavy atom. The van der Waals surface area contributed by atoms with Gasteiger partial charge in [0.05, 0.1) is 45.0 Å². The van der Waals surface area contributed by atoms with Gasteiger partial charge in [-0.3, -0.25) is 39.6 Å². The third-order valence-corrected chi connectivity index (χ3v) is 16.2. The third kappa shape index (κ3) is 17.1. The first-order valence-corrected chi connectivity index (χ1v) is 28.3. The van der Waals surface area contributed by atoms with Crippen molar-refractivity contribution in [1.29, 1.82) is 0 Å². The van der Waals surface area contributed by atoms with Crippen LogP contribution in [0, 0.1) is 5.92 Å². The van der Waals surface area contributed by atoms with Gasteiger partial charge in [-0.25, -0.2) is 9.80 Å². The monoisotopic (exact) mass is 1250 g/mol. The molecule has 0 saturated carbocycles. The minimum atomic E-state index is -1.85. The summed E-state index contributed by atoms with van der Waals surface area (Å²) in [6, 6.07) is 12.5. The average Bonchev–Trinajstić information content (AvgIpc) is 3.99. The second-order valence-electron chi connectivity index (χ2n) is 21.0. The molecule has 24 heteroatoms. The number of aliphatic carboxylic acids is 1. The summed E-state index contributed by atoms with van der Waals surface area (Å²) in [7, 11) is 10.0. The molecule has 9 atom stereocenters. The van der Waals surface area contributed by atoms with Crippen LogP contribution >= 0.6 is 34.2 Å². The number of alkyl carbamates (subject to hydrolysis) is 1. The van der Waals surface area contributed by atoms with Crippen molar-refractivity contribution in [3.8, 4) is 5.75 Å². The van der Waals surface area contributed by atoms with Crippen LogP contribution in [0.2, 0.25) is 5.02 Å². The lowest BCUT2D eigenvalue weighted by molar-refractivity contribution is -0.154. The summed E-state index contributed by atoms with van der Waals surface area (Å²) in [4.78, 5) is 82.5. The number of carboxylic acids is 1. The predicted octanol–water partition coefficient (Wildman–Crippen LogP) is 4.89. The number of hydrazine groups is 1. The number of carbonyl (C=O) groups is 6. The first-order valence-electron chi connectivity index (χ1n) is 26.7. The quantitative estimate of drug-likeness (QED) is 0.0174. The smallest absolute Gasteiger partial charge is 0.409 e. The van der Waals surface area contributed by atoms with Gasteiger partial charge in [0.1, 0.15) is 40.7 Å². The first kappa shape index (κ1) is 63.8. The molecule has 2 saturated heterocycles. The maximum atomic E-state index is 14.3. The number of rotatable bonds is 24. The van der Waals surface area contributed by atoms with Crippen LogP contribution in [0.25, 0.3) is 10.9 Å². The SMILES string of the molecule is CNN(C)Cc1cc2ccccc2n1CCC(=O)N[C@@H](CCC(=O)O)C(=O)NCCOCCC(I)CN(C)CC(=O)O[C@H]1CC(=O)N(C)c2cc(cc(OC)c2Cl)C/C(C)=C/C=C/[C@@H](OC)[C@@]2(O)C[C@H](OC(=O)N2)[C@@H](C)[C@@H]2O[C@@]12C. The molecule has 440 valence electrons. The van der Waals surface area contributed by atoms with Gasteiger partial charge in [0, 0.05) is 87.8 Å². The van der Waals surface area contributed by atoms with E-state index in [1.165, 1.54) is 19.1 Å². The number of halogens is 2. The number of aromatic nitrogens is 1. The number of aryl methyl sites for hydroxylation is 1. The van der Waals surface area contributed by atoms with E-state index in [9.17, 15) is 39.0 Å². The highest BCUT2D eigenvalue weighted by Gasteiger charge is 2.64. The second kappa shape index (κ2) is 29.0. The van der Waals surface area contributed by atoms with E-state index < -0.39 is 77.5 Å². The molecule has 3 aliphatic rings. The first-order chi connectivity index (χ1) is 38.0. The molecule has 3 aromatic rings. The van der Waals surface area contributed by atoms with Crippen LogP contribution in [0.5, 0.6) is 5.75 Å². The lowest BCUT2D eigenvalue weighted by Gasteiger charge is -2.42. The molecule has 6 rings (SSSR count). The number of carboxylic acid groups (broad SMARTS) is 1. The van der Waals surface area contributed by atoms with Gasteiger partial charge in [0.25, 0.3) is 0 Å². The average molecular weight is 1250 g/mol. The number of amides is 4. The number of para-hydroxylation sites is 1. The standard InChI is InChI=1S/C56H78ClIN8O14/c1-34-13-12-16-45(76-9)56(74)30-44(78-54(73)62-56)35(2)52-55(3,80-52)46(29-48(68)65(7)42-26-36(25-34)27-43(75-8)51(42)57)79-50(71)33-63(5)31-38(58)20-23-77-24-21-60-53(72)40(17-18-49(69)70)61-47(67)19-22-66-39(32-64(6)59-4)28-37-14-10-11-15-41(37)66/h10-16,26-28,35,38,40,44-46,52,59,74H,17-25,29-33H2,1-9H3,(H,60,72)(H,61,67)(H,62,73)(H,69,70)/b16-12+,34-13+/t35-,38?,40+,44+,45-,46+,52+,55+,56+/m1/s1. The summed E-state index contributed by atoms with van der Waals surface area (Å²) < 4.78 is 37.5. The number of alkyl halides is 1. The van der Waals surface area contributed by atoms with Gasteiger partial charge < -0.3 is 58.7 Å². The largest absolute Gasteiger partial charge is 0.495 e. The fraction of sp³-hybridized carbons (Fsp3) is 0.571. The molecule has 0 radical (unpaired) electrons. The number of aliphatic hydroxyl groups is 1. The van der Waals surface area contributed by atoms with E-state index in [1.54, 1.807) is 50.2 Å². The fourth-order valence-corrected chi connectivity index (χ4v) is 11.4. The Labute approximate surface area is 486 Å². The van der Waals surface area contributed by atoms with E-state index in [0.29, 0.717) is 50.5 Å². The molecule has 1 aromatic heterocycles. The number of nitrogens with one attached hydrogen (secondary N) is 4. The van der Waals surface area contributed by atoms with Gasteiger partial charge in [0.2, 0.25) is 17.7 Å². The molecule has 4 amide bonds. The molecule has 2 aromatic carbocycles. The number of benzene rings is 2. The summed E-state index contributed by atoms with van der Waals surface area (Å²) in [5.41, 5.74) is 4.10. The fourth-order valence-electron chi connectivity index (χ4n) is 10.2. The van der Waals surface area contributed by atoms with Crippen LogP contribution in [0.1, 0.15) is 70.6 Å². The highest BCUT2D eigenvalue weighted by atomic mass is 127. The highest BCUT2D eigenvalue weighted by Crippen LogP contribution is 2.49. The molecule has 4 heterocycles. The summed E-state index contributed by atoms with van der Waals surface area (Å²) >= 11 is 9.10. The van der Waals surface area contributed by atoms with Gasteiger partial charge in [-0.05, 0) is 82.4 Å². The van der Waals surface area contributed by atoms with Crippen molar-refractivity contribution in [1.82, 2.24) is 35.9 Å². The maximum Gasteiger partial charge on any atom is 0.409 e. The number of ether oxygens (including phenoxy) is 6. The van der Waals surface area contributed by atoms with Gasteiger partial charge >= 0.3 is 18.0 Å². The number of anilines is 1. The molecule has 3 aliphatic heterocycles. The number of allylic oxidation sites excluding steroid dienone is 3. The zero-order chi connectivity index (χ0) is 58.5. The molecule has 0 spiro atoms. The number of hydrogen-bond donors (Lipinski definition) is 6. The van der Waals surface area contributed by atoms with E-state index >= 15 is 0 Å². The Hall–Kier alpha value is -5.38. The number of fused-ring (bicyclic) bond motifs is 6. The molecule has 0 aliphatic carbocycles. The molecule has 6 N–H and O–H groups in total. The van der Waals surface area contributed by atoms with Crippen LogP contribution in [-0.2, 0) is 67.2 Å². The molecular formula is C56H78ClIN8O14. The summed E-state index contributed by atoms with van der Waals surface area (Å²) in [6.07, 6.45) is 1.14. The summed E-state index contributed by atoms with van der Waals surface area (Å²) in [6.45, 7) is 7.34. The number of epoxide rings is 1. The summed E-state index contributed by atoms with van der Waals surface area (Å²) in [5, 5.41) is 32.5. The molecular weight excluding hydrogens is 1170 g/mol. The van der Waals surface area contributed by atoms with Gasteiger partial charge in [0.15, 0.2) is 5.72 Å². The Balaban J connectivity index is 1.02. The van der Waals surface area contributed by atoms with E-state index in [-0.39, 0.29) is 66.7 Å². The van der Waals surface area contributed by atoms with E-state index in [1.807, 2.05) is 63.3 Å². The number of hydrogen-bond acceptors (Lipinski definition) is 16. The van der Waals surface area contributed by atoms with E-state index in [4.69, 9.17) is 40.0 Å². The second-order valence-corrected chi connectivity index (χ2v) is 23.1. The Bertz CT molecular complexity index is 2750. The lowest BCUT2D eigenvalue weighted by Crippen LogP contribution is -2.63. The van der Waals surface area contributed by atoms with Crippen molar-refractivity contribution in [2.45, 2.75) is 125 Å². The zero-order valence-electron chi connectivity index (χ0n) is 47.1. The van der Waals surface area contributed by atoms with Crippen LogP contribution in [-0.4, -0.2) is 181 Å². The zero-order valence-corrected chi connectivity index (χ0v) is 50.0. The van der Waals surface area contributed by atoms with Crippen molar-refractivity contribution in [3.63, 3.8) is 0 Å². The number of methoxy groups -OCH3 is 2. The Morgan fingerprint density at radius 1 is 1.07 bits per heavy atom. The van der Waals surface area contributed by atoms with Crippen molar-refractivity contribution in [3.05, 3.63) is 82.5 Å². The maximum absolute atomic E-state index is 14.3. The topological polar surface area (TPSA) is 264 Å². The van der Waals surface area contributed by atoms with Crippen molar-refractivity contribution >= 4 is 86.5 Å². The van der Waals surface area contributed by atoms with E-state index in [2.05, 4.69) is 54.6 Å². The van der Waals surface area contributed by atoms with Crippen molar-refractivity contribution in [2.24, 2.45) is 5.92 Å². The number of likely N-dealkylation sites (N-methyl/N-ethyl adjacent to an activating group) is 1. The molecule has 80 heavy (non-hydrogen) atoms.